The molecule has 3 rings (SSSR count). The Hall–Kier alpha value is -2.70. The molecule has 0 aliphatic rings. The Labute approximate surface area is 159 Å². The fourth-order valence-electron chi connectivity index (χ4n) is 2.25. The number of nitrogens with one attached hydrogen (secondary N) is 1. The summed E-state index contributed by atoms with van der Waals surface area (Å²) in [6.45, 7) is 1.55. The summed E-state index contributed by atoms with van der Waals surface area (Å²) in [5.41, 5.74) is 2.66. The van der Waals surface area contributed by atoms with Crippen LogP contribution >= 0.6 is 22.9 Å². The molecule has 26 heavy (non-hydrogen) atoms. The molecule has 7 heteroatoms. The number of aromatic nitrogens is 1. The highest BCUT2D eigenvalue weighted by Gasteiger charge is 2.15. The van der Waals surface area contributed by atoms with Crippen molar-refractivity contribution in [3.63, 3.8) is 0 Å². The topological polar surface area (TPSA) is 68.3 Å². The number of esters is 1. The minimum Gasteiger partial charge on any atom is -0.451 e. The van der Waals surface area contributed by atoms with E-state index in [4.69, 9.17) is 16.3 Å². The van der Waals surface area contributed by atoms with Crippen LogP contribution in [0.5, 0.6) is 0 Å². The summed E-state index contributed by atoms with van der Waals surface area (Å²) in [4.78, 5) is 28.2. The second-order valence-electron chi connectivity index (χ2n) is 5.54. The standard InChI is InChI=1S/C19H15ClN2O3S/c1-12-4-2-7-15(8-12)21-17(23)10-25-19(24)16-11-26-18(22-16)13-5-3-6-14(20)9-13/h2-9,11H,10H2,1H3,(H,21,23). The third-order valence-electron chi connectivity index (χ3n) is 3.42. The van der Waals surface area contributed by atoms with Crippen LogP contribution in [0.4, 0.5) is 5.69 Å². The second kappa shape index (κ2) is 8.12. The van der Waals surface area contributed by atoms with E-state index in [9.17, 15) is 9.59 Å². The predicted octanol–water partition coefficient (Wildman–Crippen LogP) is 4.57. The van der Waals surface area contributed by atoms with Crippen LogP contribution in [0.25, 0.3) is 10.6 Å². The highest BCUT2D eigenvalue weighted by atomic mass is 35.5. The molecule has 0 fully saturated rings. The molecule has 1 aromatic heterocycles. The number of amides is 1. The molecule has 0 saturated heterocycles. The van der Waals surface area contributed by atoms with E-state index in [1.54, 1.807) is 23.6 Å². The molecule has 2 aromatic carbocycles. The molecule has 5 nitrogen and oxygen atoms in total. The number of hydrogen-bond acceptors (Lipinski definition) is 5. The fraction of sp³-hybridized carbons (Fsp3) is 0.105. The van der Waals surface area contributed by atoms with E-state index in [1.807, 2.05) is 37.3 Å². The highest BCUT2D eigenvalue weighted by Crippen LogP contribution is 2.26. The highest BCUT2D eigenvalue weighted by molar-refractivity contribution is 7.13. The van der Waals surface area contributed by atoms with Crippen LogP contribution in [0.3, 0.4) is 0 Å². The lowest BCUT2D eigenvalue weighted by Gasteiger charge is -2.06. The van der Waals surface area contributed by atoms with Gasteiger partial charge in [-0.2, -0.15) is 0 Å². The quantitative estimate of drug-likeness (QED) is 0.652. The van der Waals surface area contributed by atoms with E-state index in [0.717, 1.165) is 11.1 Å². The molecule has 0 radical (unpaired) electrons. The monoisotopic (exact) mass is 386 g/mol. The maximum atomic E-state index is 12.1. The Balaban J connectivity index is 1.58. The molecule has 0 bridgehead atoms. The van der Waals surface area contributed by atoms with Crippen molar-refractivity contribution < 1.29 is 14.3 Å². The molecule has 3 aromatic rings. The van der Waals surface area contributed by atoms with Crippen LogP contribution in [0.2, 0.25) is 5.02 Å². The maximum Gasteiger partial charge on any atom is 0.358 e. The van der Waals surface area contributed by atoms with Crippen LogP contribution in [-0.4, -0.2) is 23.5 Å². The summed E-state index contributed by atoms with van der Waals surface area (Å²) in [6, 6.07) is 14.6. The number of hydrogen-bond donors (Lipinski definition) is 1. The molecule has 0 unspecified atom stereocenters. The number of aryl methyl sites for hydroxylation is 1. The minimum absolute atomic E-state index is 0.160. The van der Waals surface area contributed by atoms with Gasteiger partial charge in [0, 0.05) is 21.7 Å². The summed E-state index contributed by atoms with van der Waals surface area (Å²) in [5, 5.41) is 5.52. The van der Waals surface area contributed by atoms with Crippen molar-refractivity contribution in [2.24, 2.45) is 0 Å². The SMILES string of the molecule is Cc1cccc(NC(=O)COC(=O)c2csc(-c3cccc(Cl)c3)n2)c1. The first kappa shape index (κ1) is 18.1. The average molecular weight is 387 g/mol. The summed E-state index contributed by atoms with van der Waals surface area (Å²) in [6.07, 6.45) is 0. The number of nitrogens with zero attached hydrogens (tertiary/aromatic N) is 1. The smallest absolute Gasteiger partial charge is 0.358 e. The third kappa shape index (κ3) is 4.68. The molecule has 0 aliphatic carbocycles. The van der Waals surface area contributed by atoms with E-state index >= 15 is 0 Å². The Kier molecular flexibility index (Phi) is 5.65. The average Bonchev–Trinajstić information content (AvgIpc) is 3.10. The Morgan fingerprint density at radius 2 is 2.00 bits per heavy atom. The second-order valence-corrected chi connectivity index (χ2v) is 6.84. The van der Waals surface area contributed by atoms with E-state index < -0.39 is 11.9 Å². The van der Waals surface area contributed by atoms with Gasteiger partial charge in [-0.05, 0) is 36.8 Å². The number of benzene rings is 2. The van der Waals surface area contributed by atoms with Crippen LogP contribution in [-0.2, 0) is 9.53 Å². The van der Waals surface area contributed by atoms with Crippen molar-refractivity contribution in [3.05, 3.63) is 70.2 Å². The van der Waals surface area contributed by atoms with Crippen molar-refractivity contribution in [1.29, 1.82) is 0 Å². The molecule has 0 saturated carbocycles. The Morgan fingerprint density at radius 1 is 1.19 bits per heavy atom. The minimum atomic E-state index is -0.645. The molecule has 0 atom stereocenters. The van der Waals surface area contributed by atoms with Gasteiger partial charge in [-0.1, -0.05) is 35.9 Å². The maximum absolute atomic E-state index is 12.1. The third-order valence-corrected chi connectivity index (χ3v) is 4.55. The number of carbonyl (C=O) groups is 2. The van der Waals surface area contributed by atoms with E-state index in [2.05, 4.69) is 10.3 Å². The zero-order valence-electron chi connectivity index (χ0n) is 13.9. The molecule has 1 heterocycles. The first-order valence-electron chi connectivity index (χ1n) is 7.76. The van der Waals surface area contributed by atoms with Crippen molar-refractivity contribution in [3.8, 4) is 10.6 Å². The molecule has 0 spiro atoms. The number of rotatable bonds is 5. The van der Waals surface area contributed by atoms with Gasteiger partial charge in [0.1, 0.15) is 5.01 Å². The number of halogens is 1. The molecular weight excluding hydrogens is 372 g/mol. The van der Waals surface area contributed by atoms with Crippen molar-refractivity contribution in [2.75, 3.05) is 11.9 Å². The van der Waals surface area contributed by atoms with Crippen LogP contribution < -0.4 is 5.32 Å². The predicted molar refractivity (Wildman–Crippen MR) is 103 cm³/mol. The number of anilines is 1. The van der Waals surface area contributed by atoms with E-state index in [1.165, 1.54) is 11.3 Å². The lowest BCUT2D eigenvalue weighted by molar-refractivity contribution is -0.119. The van der Waals surface area contributed by atoms with Gasteiger partial charge in [-0.3, -0.25) is 4.79 Å². The van der Waals surface area contributed by atoms with Gasteiger partial charge in [0.05, 0.1) is 0 Å². The van der Waals surface area contributed by atoms with Crippen LogP contribution in [0.15, 0.2) is 53.9 Å². The number of carbonyl (C=O) groups excluding carboxylic acids is 2. The van der Waals surface area contributed by atoms with Crippen LogP contribution in [0.1, 0.15) is 16.1 Å². The summed E-state index contributed by atoms with van der Waals surface area (Å²) in [5.74, 6) is -1.05. The molecule has 132 valence electrons. The summed E-state index contributed by atoms with van der Waals surface area (Å²) < 4.78 is 5.03. The van der Waals surface area contributed by atoms with Gasteiger partial charge in [0.25, 0.3) is 5.91 Å². The van der Waals surface area contributed by atoms with Gasteiger partial charge in [0.15, 0.2) is 12.3 Å². The Bertz CT molecular complexity index is 955. The first-order chi connectivity index (χ1) is 12.5. The van der Waals surface area contributed by atoms with Crippen molar-refractivity contribution >= 4 is 40.5 Å². The number of thiazole rings is 1. The zero-order valence-corrected chi connectivity index (χ0v) is 15.4. The Morgan fingerprint density at radius 3 is 2.77 bits per heavy atom. The van der Waals surface area contributed by atoms with Crippen molar-refractivity contribution in [1.82, 2.24) is 4.98 Å². The zero-order chi connectivity index (χ0) is 18.5. The first-order valence-corrected chi connectivity index (χ1v) is 9.02. The van der Waals surface area contributed by atoms with Gasteiger partial charge in [0.2, 0.25) is 0 Å². The molecule has 0 aliphatic heterocycles. The fourth-order valence-corrected chi connectivity index (χ4v) is 3.22. The largest absolute Gasteiger partial charge is 0.451 e. The molecule has 1 N–H and O–H groups in total. The lowest BCUT2D eigenvalue weighted by atomic mass is 10.2. The van der Waals surface area contributed by atoms with Gasteiger partial charge in [-0.15, -0.1) is 11.3 Å². The van der Waals surface area contributed by atoms with Crippen LogP contribution in [0, 0.1) is 6.92 Å². The van der Waals surface area contributed by atoms with Gasteiger partial charge in [-0.25, -0.2) is 9.78 Å². The van der Waals surface area contributed by atoms with E-state index in [-0.39, 0.29) is 12.3 Å². The number of ether oxygens (including phenoxy) is 1. The molecular formula is C19H15ClN2O3S. The van der Waals surface area contributed by atoms with Crippen molar-refractivity contribution in [2.45, 2.75) is 6.92 Å². The summed E-state index contributed by atoms with van der Waals surface area (Å²) >= 11 is 7.27. The van der Waals surface area contributed by atoms with Gasteiger partial charge < -0.3 is 10.1 Å². The normalized spacial score (nSPS) is 10.4. The van der Waals surface area contributed by atoms with Gasteiger partial charge >= 0.3 is 5.97 Å². The summed E-state index contributed by atoms with van der Waals surface area (Å²) in [7, 11) is 0. The van der Waals surface area contributed by atoms with E-state index in [0.29, 0.717) is 15.7 Å². The lowest BCUT2D eigenvalue weighted by Crippen LogP contribution is -2.21. The molecule has 1 amide bonds.